The zero-order valence-corrected chi connectivity index (χ0v) is 24.4. The number of rotatable bonds is 5. The van der Waals surface area contributed by atoms with Crippen LogP contribution >= 0.6 is 11.8 Å². The number of hydrogen-bond acceptors (Lipinski definition) is 5. The molecule has 1 aliphatic rings. The number of amidine groups is 1. The van der Waals surface area contributed by atoms with Crippen LogP contribution in [0.3, 0.4) is 0 Å². The van der Waals surface area contributed by atoms with Crippen LogP contribution in [0.15, 0.2) is 110 Å². The fourth-order valence-electron chi connectivity index (χ4n) is 5.04. The third-order valence-corrected chi connectivity index (χ3v) is 8.35. The van der Waals surface area contributed by atoms with Crippen LogP contribution in [0.5, 0.6) is 0 Å². The number of amides is 1. The number of benzene rings is 3. The van der Waals surface area contributed by atoms with Crippen molar-refractivity contribution in [1.29, 1.82) is 0 Å². The van der Waals surface area contributed by atoms with Crippen molar-refractivity contribution in [2.45, 2.75) is 13.8 Å². The van der Waals surface area contributed by atoms with E-state index in [-0.39, 0.29) is 33.6 Å². The van der Waals surface area contributed by atoms with Crippen molar-refractivity contribution >= 4 is 40.3 Å². The predicted molar refractivity (Wildman–Crippen MR) is 168 cm³/mol. The van der Waals surface area contributed by atoms with Crippen LogP contribution in [0.25, 0.3) is 17.5 Å². The lowest BCUT2D eigenvalue weighted by atomic mass is 10.2. The van der Waals surface area contributed by atoms with E-state index in [0.717, 1.165) is 17.3 Å². The first-order chi connectivity index (χ1) is 20.3. The monoisotopic (exact) mass is 576 g/mol. The Balaban J connectivity index is 1.56. The summed E-state index contributed by atoms with van der Waals surface area (Å²) in [7, 11) is 3.57. The van der Waals surface area contributed by atoms with Crippen LogP contribution in [0.2, 0.25) is 0 Å². The smallest absolute Gasteiger partial charge is 0.283 e. The molecule has 0 aliphatic carbocycles. The van der Waals surface area contributed by atoms with Gasteiger partial charge >= 0.3 is 0 Å². The Labute approximate surface area is 246 Å². The van der Waals surface area contributed by atoms with E-state index in [0.29, 0.717) is 27.7 Å². The highest BCUT2D eigenvalue weighted by atomic mass is 32.2. The van der Waals surface area contributed by atoms with Crippen molar-refractivity contribution in [1.82, 2.24) is 18.7 Å². The largest absolute Gasteiger partial charge is 0.297 e. The topological polar surface area (TPSA) is 86.5 Å². The van der Waals surface area contributed by atoms with E-state index in [1.54, 1.807) is 36.5 Å². The van der Waals surface area contributed by atoms with E-state index >= 15 is 0 Å². The van der Waals surface area contributed by atoms with Gasteiger partial charge in [-0.3, -0.25) is 23.7 Å². The van der Waals surface area contributed by atoms with Crippen molar-refractivity contribution in [3.05, 3.63) is 134 Å². The SMILES string of the molecule is Cc1c(N=C2SC(=Cc3ccccc3)C(=O)N2c2c(C)n(C)n(-c3ccccc3)c2=O)c(=O)n(-c2ccccc2)n1C. The average Bonchev–Trinajstić information content (AvgIpc) is 3.50. The summed E-state index contributed by atoms with van der Waals surface area (Å²) in [6.45, 7) is 3.60. The Bertz CT molecular complexity index is 2000. The maximum Gasteiger partial charge on any atom is 0.297 e. The molecule has 6 rings (SSSR count). The molecule has 0 atom stereocenters. The third-order valence-electron chi connectivity index (χ3n) is 7.38. The quantitative estimate of drug-likeness (QED) is 0.273. The summed E-state index contributed by atoms with van der Waals surface area (Å²) >= 11 is 1.14. The second-order valence-corrected chi connectivity index (χ2v) is 10.9. The Morgan fingerprint density at radius 2 is 1.17 bits per heavy atom. The zero-order chi connectivity index (χ0) is 29.5. The summed E-state index contributed by atoms with van der Waals surface area (Å²) in [6, 6.07) is 28.0. The fourth-order valence-corrected chi connectivity index (χ4v) is 6.01. The normalized spacial score (nSPS) is 15.3. The van der Waals surface area contributed by atoms with Crippen molar-refractivity contribution in [3.8, 4) is 11.4 Å². The van der Waals surface area contributed by atoms with Gasteiger partial charge in [0, 0.05) is 14.1 Å². The molecule has 10 heteroatoms. The number of carbonyl (C=O) groups excluding carboxylic acids is 1. The van der Waals surface area contributed by atoms with Crippen LogP contribution in [0.1, 0.15) is 17.0 Å². The molecule has 210 valence electrons. The Morgan fingerprint density at radius 1 is 0.667 bits per heavy atom. The number of carbonyl (C=O) groups is 1. The van der Waals surface area contributed by atoms with Crippen molar-refractivity contribution in [2.75, 3.05) is 4.90 Å². The molecular weight excluding hydrogens is 548 g/mol. The minimum Gasteiger partial charge on any atom is -0.283 e. The molecule has 1 aliphatic heterocycles. The molecule has 42 heavy (non-hydrogen) atoms. The minimum atomic E-state index is -0.384. The zero-order valence-electron chi connectivity index (χ0n) is 23.6. The molecule has 0 bridgehead atoms. The van der Waals surface area contributed by atoms with Crippen LogP contribution in [-0.4, -0.2) is 29.8 Å². The first-order valence-corrected chi connectivity index (χ1v) is 14.2. The number of nitrogens with zero attached hydrogens (tertiary/aromatic N) is 6. The van der Waals surface area contributed by atoms with Crippen LogP contribution in [0.4, 0.5) is 11.4 Å². The molecule has 1 amide bonds. The van der Waals surface area contributed by atoms with Gasteiger partial charge in [-0.05, 0) is 61.5 Å². The number of aliphatic imine (C=N–C) groups is 1. The van der Waals surface area contributed by atoms with E-state index in [9.17, 15) is 14.4 Å². The molecule has 0 radical (unpaired) electrons. The summed E-state index contributed by atoms with van der Waals surface area (Å²) in [5.41, 5.74) is 3.09. The average molecular weight is 577 g/mol. The molecule has 5 aromatic rings. The lowest BCUT2D eigenvalue weighted by molar-refractivity contribution is -0.113. The summed E-state index contributed by atoms with van der Waals surface area (Å²) in [5.74, 6) is -0.384. The molecule has 0 saturated carbocycles. The molecule has 2 aromatic heterocycles. The van der Waals surface area contributed by atoms with Crippen molar-refractivity contribution < 1.29 is 4.79 Å². The number of thioether (sulfide) groups is 1. The summed E-state index contributed by atoms with van der Waals surface area (Å²) in [4.78, 5) is 48.3. The molecule has 1 saturated heterocycles. The summed E-state index contributed by atoms with van der Waals surface area (Å²) < 4.78 is 6.52. The molecule has 3 aromatic carbocycles. The molecule has 0 N–H and O–H groups in total. The van der Waals surface area contributed by atoms with Gasteiger partial charge < -0.3 is 0 Å². The first-order valence-electron chi connectivity index (χ1n) is 13.3. The van der Waals surface area contributed by atoms with Gasteiger partial charge in [0.15, 0.2) is 10.9 Å². The highest BCUT2D eigenvalue weighted by Crippen LogP contribution is 2.38. The lowest BCUT2D eigenvalue weighted by Gasteiger charge is -2.13. The highest BCUT2D eigenvalue weighted by molar-refractivity contribution is 8.19. The Hall–Kier alpha value is -5.09. The molecule has 9 nitrogen and oxygen atoms in total. The van der Waals surface area contributed by atoms with E-state index in [2.05, 4.69) is 0 Å². The van der Waals surface area contributed by atoms with Gasteiger partial charge in [-0.25, -0.2) is 19.3 Å². The van der Waals surface area contributed by atoms with E-state index in [1.165, 1.54) is 14.3 Å². The van der Waals surface area contributed by atoms with Crippen molar-refractivity contribution in [3.63, 3.8) is 0 Å². The van der Waals surface area contributed by atoms with Gasteiger partial charge in [-0.2, -0.15) is 0 Å². The van der Waals surface area contributed by atoms with Crippen molar-refractivity contribution in [2.24, 2.45) is 19.1 Å². The minimum absolute atomic E-state index is 0.186. The van der Waals surface area contributed by atoms with Gasteiger partial charge in [0.1, 0.15) is 5.69 Å². The van der Waals surface area contributed by atoms with Crippen LogP contribution in [0, 0.1) is 13.8 Å². The molecule has 0 spiro atoms. The number of hydrogen-bond donors (Lipinski definition) is 0. The number of para-hydroxylation sites is 2. The van der Waals surface area contributed by atoms with Gasteiger partial charge in [-0.15, -0.1) is 0 Å². The standard InChI is InChI=1S/C32H28N6O3S/c1-21-27(30(40)37(34(21)3)24-16-10-6-11-17-24)33-32-36(29(39)26(42-32)20-23-14-8-5-9-15-23)28-22(2)35(4)38(31(28)41)25-18-12-7-13-19-25/h5-20H,1-4H3. The maximum absolute atomic E-state index is 14.0. The van der Waals surface area contributed by atoms with Gasteiger partial charge in [-0.1, -0.05) is 66.7 Å². The lowest BCUT2D eigenvalue weighted by Crippen LogP contribution is -2.34. The second-order valence-electron chi connectivity index (χ2n) is 9.88. The third kappa shape index (κ3) is 4.46. The molecular formula is C32H28N6O3S. The Morgan fingerprint density at radius 3 is 1.74 bits per heavy atom. The Kier molecular flexibility index (Phi) is 6.91. The van der Waals surface area contributed by atoms with E-state index < -0.39 is 0 Å². The summed E-state index contributed by atoms with van der Waals surface area (Å²) in [6.07, 6.45) is 1.77. The van der Waals surface area contributed by atoms with Gasteiger partial charge in [0.05, 0.1) is 27.7 Å². The van der Waals surface area contributed by atoms with Gasteiger partial charge in [0.25, 0.3) is 17.0 Å². The number of aromatic nitrogens is 4. The van der Waals surface area contributed by atoms with Crippen LogP contribution in [-0.2, 0) is 18.9 Å². The maximum atomic E-state index is 14.0. The predicted octanol–water partition coefficient (Wildman–Crippen LogP) is 5.09. The molecule has 0 unspecified atom stereocenters. The second kappa shape index (κ2) is 10.7. The fraction of sp³-hybridized carbons (Fsp3) is 0.125. The van der Waals surface area contributed by atoms with Crippen LogP contribution < -0.4 is 16.0 Å². The van der Waals surface area contributed by atoms with Gasteiger partial charge in [0.2, 0.25) is 0 Å². The first kappa shape index (κ1) is 27.1. The molecule has 1 fully saturated rings. The summed E-state index contributed by atoms with van der Waals surface area (Å²) in [5, 5.41) is 0.235. The molecule has 3 heterocycles. The van der Waals surface area contributed by atoms with E-state index in [4.69, 9.17) is 4.99 Å². The highest BCUT2D eigenvalue weighted by Gasteiger charge is 2.39. The van der Waals surface area contributed by atoms with E-state index in [1.807, 2.05) is 97.9 Å². The number of anilines is 1.